The molecule has 5 nitrogen and oxygen atoms in total. The molecule has 0 bridgehead atoms. The van der Waals surface area contributed by atoms with Crippen LogP contribution < -0.4 is 15.4 Å². The molecule has 150 valence electrons. The van der Waals surface area contributed by atoms with Crippen LogP contribution in [0.3, 0.4) is 0 Å². The molecule has 0 aliphatic rings. The summed E-state index contributed by atoms with van der Waals surface area (Å²) in [6.45, 7) is 2.48. The lowest BCUT2D eigenvalue weighted by Gasteiger charge is -2.13. The Bertz CT molecular complexity index is 1020. The number of aryl methyl sites for hydroxylation is 1. The Morgan fingerprint density at radius 3 is 2.45 bits per heavy atom. The van der Waals surface area contributed by atoms with E-state index < -0.39 is 5.97 Å². The SMILES string of the molecule is COC(=O)c1c(NC(=S)NCc2ccccc2OC)sc(C)c1-c1ccccc1. The molecule has 0 unspecified atom stereocenters. The number of carbonyl (C=O) groups excluding carboxylic acids is 1. The van der Waals surface area contributed by atoms with Gasteiger partial charge in [0.25, 0.3) is 0 Å². The van der Waals surface area contributed by atoms with Crippen LogP contribution in [-0.2, 0) is 11.3 Å². The van der Waals surface area contributed by atoms with Crippen LogP contribution in [0.4, 0.5) is 5.00 Å². The summed E-state index contributed by atoms with van der Waals surface area (Å²) in [5, 5.41) is 7.41. The molecule has 0 saturated carbocycles. The van der Waals surface area contributed by atoms with Gasteiger partial charge in [-0.25, -0.2) is 4.79 Å². The largest absolute Gasteiger partial charge is 0.496 e. The van der Waals surface area contributed by atoms with Gasteiger partial charge in [0, 0.05) is 22.5 Å². The van der Waals surface area contributed by atoms with Crippen LogP contribution in [-0.4, -0.2) is 25.3 Å². The second-order valence-electron chi connectivity index (χ2n) is 6.21. The Morgan fingerprint density at radius 2 is 1.76 bits per heavy atom. The summed E-state index contributed by atoms with van der Waals surface area (Å²) in [7, 11) is 3.02. The van der Waals surface area contributed by atoms with E-state index in [4.69, 9.17) is 21.7 Å². The average molecular weight is 427 g/mol. The van der Waals surface area contributed by atoms with Crippen molar-refractivity contribution in [1.29, 1.82) is 0 Å². The van der Waals surface area contributed by atoms with E-state index >= 15 is 0 Å². The molecule has 0 fully saturated rings. The number of nitrogens with one attached hydrogen (secondary N) is 2. The number of carbonyl (C=O) groups is 1. The number of esters is 1. The first-order valence-corrected chi connectivity index (χ1v) is 10.2. The minimum atomic E-state index is -0.400. The molecule has 1 heterocycles. The van der Waals surface area contributed by atoms with Gasteiger partial charge in [-0.05, 0) is 30.8 Å². The van der Waals surface area contributed by atoms with E-state index in [1.54, 1.807) is 7.11 Å². The fourth-order valence-corrected chi connectivity index (χ4v) is 4.36. The molecule has 1 aromatic heterocycles. The summed E-state index contributed by atoms with van der Waals surface area (Å²) in [5.74, 6) is 0.389. The number of hydrogen-bond donors (Lipinski definition) is 2. The van der Waals surface area contributed by atoms with Gasteiger partial charge in [0.05, 0.1) is 14.2 Å². The van der Waals surface area contributed by atoms with Crippen molar-refractivity contribution >= 4 is 39.6 Å². The molecule has 0 amide bonds. The third-order valence-electron chi connectivity index (χ3n) is 4.40. The number of methoxy groups -OCH3 is 2. The highest BCUT2D eigenvalue weighted by atomic mass is 32.1. The predicted molar refractivity (Wildman–Crippen MR) is 122 cm³/mol. The second kappa shape index (κ2) is 9.54. The van der Waals surface area contributed by atoms with Crippen LogP contribution in [0.5, 0.6) is 5.75 Å². The molecule has 7 heteroatoms. The molecule has 29 heavy (non-hydrogen) atoms. The highest BCUT2D eigenvalue weighted by Crippen LogP contribution is 2.40. The quantitative estimate of drug-likeness (QED) is 0.427. The van der Waals surface area contributed by atoms with Gasteiger partial charge in [-0.3, -0.25) is 0 Å². The van der Waals surface area contributed by atoms with E-state index in [-0.39, 0.29) is 0 Å². The molecule has 0 atom stereocenters. The maximum Gasteiger partial charge on any atom is 0.341 e. The van der Waals surface area contributed by atoms with Crippen LogP contribution >= 0.6 is 23.6 Å². The van der Waals surface area contributed by atoms with Gasteiger partial charge >= 0.3 is 5.97 Å². The van der Waals surface area contributed by atoms with Gasteiger partial charge in [-0.15, -0.1) is 11.3 Å². The van der Waals surface area contributed by atoms with Crippen molar-refractivity contribution in [1.82, 2.24) is 5.32 Å². The van der Waals surface area contributed by atoms with Crippen molar-refractivity contribution in [3.63, 3.8) is 0 Å². The third-order valence-corrected chi connectivity index (χ3v) is 5.66. The molecule has 0 spiro atoms. The highest BCUT2D eigenvalue weighted by Gasteiger charge is 2.24. The molecule has 3 rings (SSSR count). The van der Waals surface area contributed by atoms with E-state index in [0.29, 0.717) is 22.2 Å². The monoisotopic (exact) mass is 426 g/mol. The molecule has 0 aliphatic heterocycles. The van der Waals surface area contributed by atoms with Gasteiger partial charge in [0.2, 0.25) is 0 Å². The van der Waals surface area contributed by atoms with Gasteiger partial charge in [0.15, 0.2) is 5.11 Å². The first kappa shape index (κ1) is 20.8. The van der Waals surface area contributed by atoms with Gasteiger partial charge in [0.1, 0.15) is 16.3 Å². The zero-order chi connectivity index (χ0) is 20.8. The summed E-state index contributed by atoms with van der Waals surface area (Å²) in [6, 6.07) is 17.5. The normalized spacial score (nSPS) is 10.3. The van der Waals surface area contributed by atoms with Crippen molar-refractivity contribution in [3.05, 3.63) is 70.6 Å². The molecule has 0 saturated heterocycles. The lowest BCUT2D eigenvalue weighted by molar-refractivity contribution is 0.0603. The number of ether oxygens (including phenoxy) is 2. The van der Waals surface area contributed by atoms with Crippen molar-refractivity contribution in [2.24, 2.45) is 0 Å². The molecule has 0 aliphatic carbocycles. The molecule has 0 radical (unpaired) electrons. The maximum absolute atomic E-state index is 12.6. The van der Waals surface area contributed by atoms with Crippen molar-refractivity contribution in [2.75, 3.05) is 19.5 Å². The smallest absolute Gasteiger partial charge is 0.341 e. The number of thiophene rings is 1. The lowest BCUT2D eigenvalue weighted by atomic mass is 10.0. The lowest BCUT2D eigenvalue weighted by Crippen LogP contribution is -2.28. The first-order valence-electron chi connectivity index (χ1n) is 8.99. The molecular weight excluding hydrogens is 404 g/mol. The van der Waals surface area contributed by atoms with Gasteiger partial charge < -0.3 is 20.1 Å². The van der Waals surface area contributed by atoms with Gasteiger partial charge in [-0.2, -0.15) is 0 Å². The fourth-order valence-electron chi connectivity index (χ4n) is 3.05. The summed E-state index contributed by atoms with van der Waals surface area (Å²) >= 11 is 6.93. The summed E-state index contributed by atoms with van der Waals surface area (Å²) < 4.78 is 10.4. The molecule has 3 aromatic rings. The molecular formula is C22H22N2O3S2. The van der Waals surface area contributed by atoms with Crippen molar-refractivity contribution < 1.29 is 14.3 Å². The average Bonchev–Trinajstić information content (AvgIpc) is 3.07. The van der Waals surface area contributed by atoms with Crippen molar-refractivity contribution in [3.8, 4) is 16.9 Å². The Morgan fingerprint density at radius 1 is 1.07 bits per heavy atom. The van der Waals surface area contributed by atoms with E-state index in [2.05, 4.69) is 10.6 Å². The van der Waals surface area contributed by atoms with Crippen LogP contribution in [0.2, 0.25) is 0 Å². The number of hydrogen-bond acceptors (Lipinski definition) is 5. The number of benzene rings is 2. The fraction of sp³-hybridized carbons (Fsp3) is 0.182. The minimum absolute atomic E-state index is 0.400. The van der Waals surface area contributed by atoms with Crippen LogP contribution in [0.25, 0.3) is 11.1 Å². The summed E-state index contributed by atoms with van der Waals surface area (Å²) in [5.41, 5.74) is 3.29. The Labute approximate surface area is 179 Å². The first-order chi connectivity index (χ1) is 14.0. The zero-order valence-electron chi connectivity index (χ0n) is 16.4. The number of thiocarbonyl (C=S) groups is 1. The van der Waals surface area contributed by atoms with E-state index in [1.807, 2.05) is 61.5 Å². The number of rotatable bonds is 6. The van der Waals surface area contributed by atoms with Crippen molar-refractivity contribution in [2.45, 2.75) is 13.5 Å². The predicted octanol–water partition coefficient (Wildman–Crippen LogP) is 5.01. The number of anilines is 1. The Kier molecular flexibility index (Phi) is 6.85. The topological polar surface area (TPSA) is 59.6 Å². The molecule has 2 N–H and O–H groups in total. The zero-order valence-corrected chi connectivity index (χ0v) is 18.1. The third kappa shape index (κ3) is 4.75. The Balaban J connectivity index is 1.83. The second-order valence-corrected chi connectivity index (χ2v) is 7.85. The van der Waals surface area contributed by atoms with E-state index in [9.17, 15) is 4.79 Å². The van der Waals surface area contributed by atoms with E-state index in [0.717, 1.165) is 27.3 Å². The van der Waals surface area contributed by atoms with Crippen LogP contribution in [0, 0.1) is 6.92 Å². The maximum atomic E-state index is 12.6. The Hall–Kier alpha value is -2.90. The summed E-state index contributed by atoms with van der Waals surface area (Å²) in [4.78, 5) is 13.6. The van der Waals surface area contributed by atoms with Crippen LogP contribution in [0.1, 0.15) is 20.8 Å². The van der Waals surface area contributed by atoms with E-state index in [1.165, 1.54) is 18.4 Å². The van der Waals surface area contributed by atoms with Gasteiger partial charge in [-0.1, -0.05) is 48.5 Å². The minimum Gasteiger partial charge on any atom is -0.496 e. The molecule has 2 aromatic carbocycles. The highest BCUT2D eigenvalue weighted by molar-refractivity contribution is 7.80. The van der Waals surface area contributed by atoms with Crippen LogP contribution in [0.15, 0.2) is 54.6 Å². The summed E-state index contributed by atoms with van der Waals surface area (Å²) in [6.07, 6.45) is 0. The number of para-hydroxylation sites is 1. The standard InChI is InChI=1S/C22H22N2O3S2/c1-14-18(15-9-5-4-6-10-15)19(21(25)27-3)20(29-14)24-22(28)23-13-16-11-7-8-12-17(16)26-2/h4-12H,13H2,1-3H3,(H2,23,24,28).